The van der Waals surface area contributed by atoms with Crippen LogP contribution < -0.4 is 5.32 Å². The number of carbonyl (C=O) groups excluding carboxylic acids is 1. The molecule has 0 saturated carbocycles. The van der Waals surface area contributed by atoms with Crippen LogP contribution in [0.25, 0.3) is 0 Å². The summed E-state index contributed by atoms with van der Waals surface area (Å²) >= 11 is 5.89. The molecule has 7 nitrogen and oxygen atoms in total. The topological polar surface area (TPSA) is 82.6 Å². The molecule has 1 aromatic rings. The number of hydrogen-bond donors (Lipinski definition) is 1. The molecule has 0 atom stereocenters. The lowest BCUT2D eigenvalue weighted by molar-refractivity contribution is -0.126. The number of likely N-dealkylation sites (tertiary alicyclic amines) is 1. The van der Waals surface area contributed by atoms with Crippen molar-refractivity contribution in [2.45, 2.75) is 43.9 Å². The number of sulfonamides is 1. The van der Waals surface area contributed by atoms with E-state index < -0.39 is 10.0 Å². The number of halogens is 1. The van der Waals surface area contributed by atoms with Gasteiger partial charge in [0.1, 0.15) is 10.0 Å². The van der Waals surface area contributed by atoms with Crippen LogP contribution in [0.2, 0.25) is 5.15 Å². The Labute approximate surface area is 172 Å². The van der Waals surface area contributed by atoms with Gasteiger partial charge in [-0.2, -0.15) is 4.31 Å². The summed E-state index contributed by atoms with van der Waals surface area (Å²) < 4.78 is 27.0. The van der Waals surface area contributed by atoms with Crippen molar-refractivity contribution in [3.63, 3.8) is 0 Å². The van der Waals surface area contributed by atoms with Crippen molar-refractivity contribution < 1.29 is 13.2 Å². The maximum Gasteiger partial charge on any atom is 0.244 e. The molecule has 0 radical (unpaired) electrons. The van der Waals surface area contributed by atoms with Gasteiger partial charge in [-0.3, -0.25) is 4.79 Å². The molecule has 1 N–H and O–H groups in total. The van der Waals surface area contributed by atoms with Gasteiger partial charge in [-0.25, -0.2) is 13.4 Å². The van der Waals surface area contributed by atoms with Crippen molar-refractivity contribution in [1.29, 1.82) is 0 Å². The summed E-state index contributed by atoms with van der Waals surface area (Å²) in [6, 6.07) is 1.55. The Morgan fingerprint density at radius 3 is 2.57 bits per heavy atom. The van der Waals surface area contributed by atoms with Gasteiger partial charge in [0.2, 0.25) is 15.9 Å². The number of nitrogens with zero attached hydrogens (tertiary/aromatic N) is 3. The lowest BCUT2D eigenvalue weighted by Gasteiger charge is -2.30. The number of nitrogens with one attached hydrogen (secondary N) is 1. The van der Waals surface area contributed by atoms with Gasteiger partial charge in [0, 0.05) is 31.7 Å². The normalized spacial score (nSPS) is 19.8. The van der Waals surface area contributed by atoms with Gasteiger partial charge in [0.15, 0.2) is 0 Å². The molecule has 2 aliphatic rings. The summed E-state index contributed by atoms with van der Waals surface area (Å²) in [5.41, 5.74) is 0.630. The zero-order chi connectivity index (χ0) is 20.1. The first-order chi connectivity index (χ1) is 13.4. The quantitative estimate of drug-likeness (QED) is 0.530. The van der Waals surface area contributed by atoms with Gasteiger partial charge in [0.05, 0.1) is 0 Å². The van der Waals surface area contributed by atoms with E-state index in [0.717, 1.165) is 13.0 Å². The number of aromatic nitrogens is 1. The number of carbonyl (C=O) groups is 1. The Morgan fingerprint density at radius 1 is 1.25 bits per heavy atom. The highest BCUT2D eigenvalue weighted by Gasteiger charge is 2.32. The van der Waals surface area contributed by atoms with Crippen LogP contribution in [-0.2, 0) is 14.8 Å². The summed E-state index contributed by atoms with van der Waals surface area (Å²) in [6.07, 6.45) is 5.89. The third-order valence-corrected chi connectivity index (χ3v) is 7.86. The van der Waals surface area contributed by atoms with Gasteiger partial charge in [-0.15, -0.1) is 0 Å². The molecule has 0 aromatic carbocycles. The van der Waals surface area contributed by atoms with Gasteiger partial charge < -0.3 is 10.2 Å². The van der Waals surface area contributed by atoms with Crippen LogP contribution >= 0.6 is 11.6 Å². The van der Waals surface area contributed by atoms with Crippen LogP contribution in [0, 0.1) is 12.8 Å². The number of rotatable bonds is 7. The first-order valence-electron chi connectivity index (χ1n) is 10.0. The second kappa shape index (κ2) is 9.52. The molecule has 0 spiro atoms. The van der Waals surface area contributed by atoms with Crippen LogP contribution in [0.4, 0.5) is 0 Å². The van der Waals surface area contributed by atoms with E-state index in [1.54, 1.807) is 13.0 Å². The highest BCUT2D eigenvalue weighted by atomic mass is 35.5. The van der Waals surface area contributed by atoms with Crippen molar-refractivity contribution in [3.8, 4) is 0 Å². The average molecular weight is 429 g/mol. The summed E-state index contributed by atoms with van der Waals surface area (Å²) in [5.74, 6) is -0.0780. The number of pyridine rings is 1. The zero-order valence-electron chi connectivity index (χ0n) is 16.4. The van der Waals surface area contributed by atoms with E-state index in [1.165, 1.54) is 36.4 Å². The molecule has 156 valence electrons. The summed E-state index contributed by atoms with van der Waals surface area (Å²) in [4.78, 5) is 18.9. The Kier molecular flexibility index (Phi) is 7.31. The molecular weight excluding hydrogens is 400 g/mol. The molecule has 28 heavy (non-hydrogen) atoms. The van der Waals surface area contributed by atoms with Crippen molar-refractivity contribution >= 4 is 27.5 Å². The predicted molar refractivity (Wildman–Crippen MR) is 109 cm³/mol. The molecule has 0 aliphatic carbocycles. The van der Waals surface area contributed by atoms with Gasteiger partial charge in [-0.05, 0) is 70.3 Å². The number of hydrogen-bond acceptors (Lipinski definition) is 5. The SMILES string of the molecule is Cc1cc(S(=O)(=O)N2CCC(C(=O)NCCCN3CCCC3)CC2)cnc1Cl. The number of amides is 1. The van der Waals surface area contributed by atoms with E-state index in [-0.39, 0.29) is 16.7 Å². The van der Waals surface area contributed by atoms with Crippen molar-refractivity contribution in [2.24, 2.45) is 5.92 Å². The minimum Gasteiger partial charge on any atom is -0.356 e. The maximum atomic E-state index is 12.8. The molecule has 1 amide bonds. The summed E-state index contributed by atoms with van der Waals surface area (Å²) in [5, 5.41) is 3.32. The van der Waals surface area contributed by atoms with Crippen molar-refractivity contribution in [1.82, 2.24) is 19.5 Å². The standard InChI is InChI=1S/C19H29ClN4O3S/c1-15-13-17(14-22-18(15)20)28(26,27)24-11-5-16(6-12-24)19(25)21-7-4-10-23-8-2-3-9-23/h13-14,16H,2-12H2,1H3,(H,21,25). The first-order valence-corrected chi connectivity index (χ1v) is 11.8. The fourth-order valence-corrected chi connectivity index (χ4v) is 5.45. The van der Waals surface area contributed by atoms with Crippen LogP contribution in [0.3, 0.4) is 0 Å². The molecule has 0 bridgehead atoms. The minimum absolute atomic E-state index is 0.0440. The monoisotopic (exact) mass is 428 g/mol. The van der Waals surface area contributed by atoms with Crippen LogP contribution in [0.5, 0.6) is 0 Å². The third kappa shape index (κ3) is 5.23. The van der Waals surface area contributed by atoms with E-state index in [4.69, 9.17) is 11.6 Å². The molecule has 3 heterocycles. The Bertz CT molecular complexity index is 788. The fourth-order valence-electron chi connectivity index (χ4n) is 3.85. The van der Waals surface area contributed by atoms with E-state index in [0.29, 0.717) is 43.2 Å². The van der Waals surface area contributed by atoms with E-state index in [9.17, 15) is 13.2 Å². The van der Waals surface area contributed by atoms with E-state index >= 15 is 0 Å². The first kappa shape index (κ1) is 21.5. The summed E-state index contributed by atoms with van der Waals surface area (Å²) in [6.45, 7) is 6.47. The van der Waals surface area contributed by atoms with Crippen LogP contribution in [0.1, 0.15) is 37.7 Å². The smallest absolute Gasteiger partial charge is 0.244 e. The molecule has 1 aromatic heterocycles. The van der Waals surface area contributed by atoms with Crippen molar-refractivity contribution in [2.75, 3.05) is 39.3 Å². The highest BCUT2D eigenvalue weighted by molar-refractivity contribution is 7.89. The Balaban J connectivity index is 1.45. The van der Waals surface area contributed by atoms with Gasteiger partial charge >= 0.3 is 0 Å². The number of piperidine rings is 1. The Hall–Kier alpha value is -1.22. The van der Waals surface area contributed by atoms with Crippen LogP contribution in [-0.4, -0.2) is 67.8 Å². The molecule has 2 fully saturated rings. The molecule has 0 unspecified atom stereocenters. The lowest BCUT2D eigenvalue weighted by Crippen LogP contribution is -2.43. The van der Waals surface area contributed by atoms with Crippen LogP contribution in [0.15, 0.2) is 17.2 Å². The van der Waals surface area contributed by atoms with E-state index in [1.807, 2.05) is 0 Å². The fraction of sp³-hybridized carbons (Fsp3) is 0.684. The minimum atomic E-state index is -3.61. The average Bonchev–Trinajstić information content (AvgIpc) is 3.20. The maximum absolute atomic E-state index is 12.8. The zero-order valence-corrected chi connectivity index (χ0v) is 17.9. The molecular formula is C19H29ClN4O3S. The van der Waals surface area contributed by atoms with Gasteiger partial charge in [-0.1, -0.05) is 11.6 Å². The summed E-state index contributed by atoms with van der Waals surface area (Å²) in [7, 11) is -3.61. The number of aryl methyl sites for hydroxylation is 1. The second-order valence-electron chi connectivity index (χ2n) is 7.65. The molecule has 2 aliphatic heterocycles. The second-order valence-corrected chi connectivity index (χ2v) is 9.95. The molecule has 2 saturated heterocycles. The highest BCUT2D eigenvalue weighted by Crippen LogP contribution is 2.25. The van der Waals surface area contributed by atoms with Gasteiger partial charge in [0.25, 0.3) is 0 Å². The molecule has 9 heteroatoms. The largest absolute Gasteiger partial charge is 0.356 e. The lowest BCUT2D eigenvalue weighted by atomic mass is 9.97. The third-order valence-electron chi connectivity index (χ3n) is 5.60. The predicted octanol–water partition coefficient (Wildman–Crippen LogP) is 2.05. The van der Waals surface area contributed by atoms with Crippen molar-refractivity contribution in [3.05, 3.63) is 23.0 Å². The Morgan fingerprint density at radius 2 is 1.93 bits per heavy atom. The van der Waals surface area contributed by atoms with E-state index in [2.05, 4.69) is 15.2 Å². The molecule has 3 rings (SSSR count).